The molecule has 1 heterocycles. The first-order valence-electron chi connectivity index (χ1n) is 5.29. The van der Waals surface area contributed by atoms with Gasteiger partial charge in [0.2, 0.25) is 10.0 Å². The lowest BCUT2D eigenvalue weighted by Gasteiger charge is -2.21. The van der Waals surface area contributed by atoms with Crippen molar-refractivity contribution in [1.82, 2.24) is 4.72 Å². The Morgan fingerprint density at radius 3 is 2.59 bits per heavy atom. The van der Waals surface area contributed by atoms with Gasteiger partial charge in [0.05, 0.1) is 9.49 Å². The molecule has 1 aromatic heterocycles. The molecule has 4 nitrogen and oxygen atoms in total. The molecular weight excluding hydrogens is 373 g/mol. The van der Waals surface area contributed by atoms with Crippen molar-refractivity contribution < 1.29 is 13.5 Å². The average Bonchev–Trinajstić information content (AvgIpc) is 2.72. The summed E-state index contributed by atoms with van der Waals surface area (Å²) in [5, 5.41) is 9.22. The molecule has 0 bridgehead atoms. The van der Waals surface area contributed by atoms with Crippen molar-refractivity contribution in [2.45, 2.75) is 30.5 Å². The molecule has 0 aliphatic carbocycles. The number of hydrogen-bond acceptors (Lipinski definition) is 4. The smallest absolute Gasteiger partial charge is 0.250 e. The topological polar surface area (TPSA) is 66.4 Å². The summed E-state index contributed by atoms with van der Waals surface area (Å²) in [7, 11) is -3.50. The van der Waals surface area contributed by atoms with Crippen LogP contribution in [0.25, 0.3) is 0 Å². The maximum Gasteiger partial charge on any atom is 0.250 e. The summed E-state index contributed by atoms with van der Waals surface area (Å²) in [5.41, 5.74) is 0. The van der Waals surface area contributed by atoms with Crippen LogP contribution in [-0.4, -0.2) is 26.2 Å². The molecule has 0 aromatic carbocycles. The van der Waals surface area contributed by atoms with Gasteiger partial charge in [-0.3, -0.25) is 0 Å². The second-order valence-electron chi connectivity index (χ2n) is 3.85. The van der Waals surface area contributed by atoms with Crippen molar-refractivity contribution in [2.75, 3.05) is 6.61 Å². The maximum absolute atomic E-state index is 12.0. The molecule has 0 saturated heterocycles. The number of sulfonamides is 1. The van der Waals surface area contributed by atoms with Gasteiger partial charge in [-0.05, 0) is 40.6 Å². The van der Waals surface area contributed by atoms with E-state index in [4.69, 9.17) is 0 Å². The third-order valence-corrected chi connectivity index (χ3v) is 6.52. The molecule has 0 spiro atoms. The first kappa shape index (κ1) is 15.4. The summed E-state index contributed by atoms with van der Waals surface area (Å²) in [6.45, 7) is 3.70. The molecule has 0 unspecified atom stereocenters. The lowest BCUT2D eigenvalue weighted by Crippen LogP contribution is -2.41. The fourth-order valence-electron chi connectivity index (χ4n) is 1.32. The quantitative estimate of drug-likeness (QED) is 0.732. The Morgan fingerprint density at radius 2 is 2.18 bits per heavy atom. The second-order valence-corrected chi connectivity index (χ2v) is 8.77. The predicted molar refractivity (Wildman–Crippen MR) is 77.7 cm³/mol. The van der Waals surface area contributed by atoms with Gasteiger partial charge in [0.25, 0.3) is 0 Å². The van der Waals surface area contributed by atoms with E-state index in [9.17, 15) is 13.5 Å². The lowest BCUT2D eigenvalue weighted by molar-refractivity contribution is 0.219. The van der Waals surface area contributed by atoms with E-state index in [1.165, 1.54) is 11.3 Å². The molecule has 0 aliphatic rings. The standard InChI is InChI=1S/C10H16INO3S2/c1-3-7(2)8(6-13)12-17(14,15)10-5-4-9(11)16-10/h4-5,7-8,12-13H,3,6H2,1-2H3/t7-,8+/m0/s1. The molecule has 2 N–H and O–H groups in total. The molecule has 0 saturated carbocycles. The van der Waals surface area contributed by atoms with Crippen molar-refractivity contribution in [3.05, 3.63) is 15.0 Å². The van der Waals surface area contributed by atoms with E-state index in [0.717, 1.165) is 9.30 Å². The van der Waals surface area contributed by atoms with E-state index in [-0.39, 0.29) is 12.5 Å². The first-order valence-corrected chi connectivity index (χ1v) is 8.67. The Kier molecular flexibility index (Phi) is 5.84. The van der Waals surface area contributed by atoms with Crippen molar-refractivity contribution in [3.8, 4) is 0 Å². The zero-order valence-corrected chi connectivity index (χ0v) is 13.5. The van der Waals surface area contributed by atoms with Gasteiger partial charge in [-0.15, -0.1) is 11.3 Å². The molecule has 7 heteroatoms. The molecule has 1 aromatic rings. The largest absolute Gasteiger partial charge is 0.395 e. The third kappa shape index (κ3) is 4.16. The Bertz CT molecular complexity index is 458. The lowest BCUT2D eigenvalue weighted by atomic mass is 10.0. The van der Waals surface area contributed by atoms with E-state index in [2.05, 4.69) is 27.3 Å². The maximum atomic E-state index is 12.0. The van der Waals surface area contributed by atoms with Crippen LogP contribution in [0, 0.1) is 8.80 Å². The van der Waals surface area contributed by atoms with E-state index < -0.39 is 16.1 Å². The second kappa shape index (κ2) is 6.46. The number of halogens is 1. The number of aliphatic hydroxyl groups excluding tert-OH is 1. The normalized spacial score (nSPS) is 15.8. The Hall–Kier alpha value is 0.300. The van der Waals surface area contributed by atoms with Crippen LogP contribution < -0.4 is 4.72 Å². The van der Waals surface area contributed by atoms with Crippen LogP contribution in [0.3, 0.4) is 0 Å². The van der Waals surface area contributed by atoms with Crippen molar-refractivity contribution >= 4 is 44.0 Å². The monoisotopic (exact) mass is 389 g/mol. The molecule has 0 radical (unpaired) electrons. The van der Waals surface area contributed by atoms with Crippen molar-refractivity contribution in [3.63, 3.8) is 0 Å². The van der Waals surface area contributed by atoms with Crippen molar-refractivity contribution in [2.24, 2.45) is 5.92 Å². The van der Waals surface area contributed by atoms with Crippen LogP contribution in [0.15, 0.2) is 16.3 Å². The molecule has 1 rings (SSSR count). The summed E-state index contributed by atoms with van der Waals surface area (Å²) in [6, 6.07) is 2.92. The molecule has 0 aliphatic heterocycles. The van der Waals surface area contributed by atoms with Gasteiger partial charge in [-0.25, -0.2) is 13.1 Å². The molecular formula is C10H16INO3S2. The predicted octanol–water partition coefficient (Wildman–Crippen LogP) is 2.04. The van der Waals surface area contributed by atoms with Gasteiger partial charge in [0.1, 0.15) is 4.21 Å². The van der Waals surface area contributed by atoms with Crippen LogP contribution >= 0.6 is 33.9 Å². The van der Waals surface area contributed by atoms with Gasteiger partial charge >= 0.3 is 0 Å². The molecule has 2 atom stereocenters. The van der Waals surface area contributed by atoms with Crippen LogP contribution in [0.2, 0.25) is 0 Å². The molecule has 17 heavy (non-hydrogen) atoms. The zero-order valence-electron chi connectivity index (χ0n) is 9.68. The minimum Gasteiger partial charge on any atom is -0.395 e. The number of aliphatic hydroxyl groups is 1. The molecule has 0 amide bonds. The highest BCUT2D eigenvalue weighted by Gasteiger charge is 2.24. The minimum atomic E-state index is -3.50. The van der Waals surface area contributed by atoms with E-state index in [1.54, 1.807) is 12.1 Å². The van der Waals surface area contributed by atoms with Crippen LogP contribution in [-0.2, 0) is 10.0 Å². The van der Waals surface area contributed by atoms with Gasteiger partial charge in [-0.1, -0.05) is 20.3 Å². The number of rotatable bonds is 6. The Morgan fingerprint density at radius 1 is 1.53 bits per heavy atom. The zero-order chi connectivity index (χ0) is 13.1. The highest BCUT2D eigenvalue weighted by Crippen LogP contribution is 2.23. The highest BCUT2D eigenvalue weighted by atomic mass is 127. The first-order chi connectivity index (χ1) is 7.90. The summed E-state index contributed by atoms with van der Waals surface area (Å²) < 4.78 is 27.8. The number of nitrogens with one attached hydrogen (secondary N) is 1. The summed E-state index contributed by atoms with van der Waals surface area (Å²) in [4.78, 5) is 0. The van der Waals surface area contributed by atoms with Crippen LogP contribution in [0.4, 0.5) is 0 Å². The van der Waals surface area contributed by atoms with Crippen LogP contribution in [0.5, 0.6) is 0 Å². The number of thiophene rings is 1. The highest BCUT2D eigenvalue weighted by molar-refractivity contribution is 14.1. The third-order valence-electron chi connectivity index (χ3n) is 2.65. The number of hydrogen-bond donors (Lipinski definition) is 2. The van der Waals surface area contributed by atoms with Gasteiger partial charge in [-0.2, -0.15) is 0 Å². The van der Waals surface area contributed by atoms with Gasteiger partial charge in [0, 0.05) is 6.04 Å². The minimum absolute atomic E-state index is 0.105. The Labute approximate surface area is 120 Å². The van der Waals surface area contributed by atoms with Crippen molar-refractivity contribution in [1.29, 1.82) is 0 Å². The fraction of sp³-hybridized carbons (Fsp3) is 0.600. The Balaban J connectivity index is 2.85. The fourth-order valence-corrected chi connectivity index (χ4v) is 5.04. The molecule has 0 fully saturated rings. The summed E-state index contributed by atoms with van der Waals surface area (Å²) in [5.74, 6) is 0.105. The molecule has 98 valence electrons. The van der Waals surface area contributed by atoms with Gasteiger partial charge < -0.3 is 5.11 Å². The summed E-state index contributed by atoms with van der Waals surface area (Å²) in [6.07, 6.45) is 0.815. The van der Waals surface area contributed by atoms with E-state index >= 15 is 0 Å². The SMILES string of the molecule is CC[C@H](C)[C@@H](CO)NS(=O)(=O)c1ccc(I)s1. The average molecular weight is 389 g/mol. The van der Waals surface area contributed by atoms with E-state index in [0.29, 0.717) is 4.21 Å². The van der Waals surface area contributed by atoms with Gasteiger partial charge in [0.15, 0.2) is 0 Å². The summed E-state index contributed by atoms with van der Waals surface area (Å²) >= 11 is 3.30. The van der Waals surface area contributed by atoms with Crippen LogP contribution in [0.1, 0.15) is 20.3 Å². The van der Waals surface area contributed by atoms with E-state index in [1.807, 2.05) is 13.8 Å².